The Balaban J connectivity index is 1.25. The van der Waals surface area contributed by atoms with Crippen molar-refractivity contribution < 1.29 is 14.3 Å². The van der Waals surface area contributed by atoms with Gasteiger partial charge in [0.15, 0.2) is 0 Å². The number of anilines is 2. The van der Waals surface area contributed by atoms with E-state index in [1.807, 2.05) is 23.6 Å². The zero-order chi connectivity index (χ0) is 21.8. The lowest BCUT2D eigenvalue weighted by atomic mass is 10.1. The SMILES string of the molecule is C[C@H](Nc1nccc(N2C(=O)OC[C@@H]2C2CC2)n1)c1ncn2c1COc1cc(Cl)ccc1-2. The molecule has 10 heteroatoms. The molecule has 3 aromatic rings. The van der Waals surface area contributed by atoms with E-state index in [9.17, 15) is 4.79 Å². The zero-order valence-corrected chi connectivity index (χ0v) is 18.1. The second-order valence-electron chi connectivity index (χ2n) is 8.30. The van der Waals surface area contributed by atoms with Gasteiger partial charge in [-0.1, -0.05) is 11.6 Å². The number of amides is 1. The number of cyclic esters (lactones) is 1. The Morgan fingerprint density at radius 3 is 2.94 bits per heavy atom. The number of nitrogens with one attached hydrogen (secondary N) is 1. The van der Waals surface area contributed by atoms with Crippen LogP contribution in [0, 0.1) is 5.92 Å². The Bertz CT molecular complexity index is 1210. The van der Waals surface area contributed by atoms with Crippen LogP contribution < -0.4 is 15.0 Å². The van der Waals surface area contributed by atoms with Gasteiger partial charge in [0, 0.05) is 17.3 Å². The van der Waals surface area contributed by atoms with Crippen LogP contribution in [-0.2, 0) is 11.3 Å². The number of carbonyl (C=O) groups excluding carboxylic acids is 1. The summed E-state index contributed by atoms with van der Waals surface area (Å²) in [5, 5.41) is 3.94. The van der Waals surface area contributed by atoms with Gasteiger partial charge in [0.25, 0.3) is 0 Å². The molecular formula is C22H21ClN6O3. The number of imidazole rings is 1. The molecule has 1 amide bonds. The van der Waals surface area contributed by atoms with E-state index in [0.29, 0.717) is 35.9 Å². The standard InChI is InChI=1S/C22H21ClN6O3/c1-12(20-17-10-31-18-8-14(23)4-5-15(18)28(17)11-25-20)26-21-24-7-6-19(27-21)29-16(13-2-3-13)9-32-22(29)30/h4-8,11-13,16H,2-3,9-10H2,1H3,(H,24,26,27)/t12-,16+/m0/s1. The summed E-state index contributed by atoms with van der Waals surface area (Å²) in [5.74, 6) is 2.19. The molecule has 1 saturated carbocycles. The van der Waals surface area contributed by atoms with Crippen molar-refractivity contribution in [3.63, 3.8) is 0 Å². The summed E-state index contributed by atoms with van der Waals surface area (Å²) >= 11 is 6.09. The Morgan fingerprint density at radius 1 is 1.22 bits per heavy atom. The number of hydrogen-bond donors (Lipinski definition) is 1. The minimum atomic E-state index is -0.348. The third kappa shape index (κ3) is 3.24. The zero-order valence-electron chi connectivity index (χ0n) is 17.4. The summed E-state index contributed by atoms with van der Waals surface area (Å²) in [6.45, 7) is 2.80. The molecule has 1 N–H and O–H groups in total. The van der Waals surface area contributed by atoms with Crippen LogP contribution in [0.5, 0.6) is 5.75 Å². The summed E-state index contributed by atoms with van der Waals surface area (Å²) in [4.78, 5) is 27.5. The van der Waals surface area contributed by atoms with E-state index < -0.39 is 0 Å². The average molecular weight is 453 g/mol. The van der Waals surface area contributed by atoms with Crippen molar-refractivity contribution in [1.82, 2.24) is 19.5 Å². The molecule has 0 spiro atoms. The van der Waals surface area contributed by atoms with E-state index in [2.05, 4.69) is 20.3 Å². The minimum absolute atomic E-state index is 0.0496. The minimum Gasteiger partial charge on any atom is -0.485 e. The molecule has 6 rings (SSSR count). The topological polar surface area (TPSA) is 94.4 Å². The fourth-order valence-electron chi connectivity index (χ4n) is 4.39. The third-order valence-corrected chi connectivity index (χ3v) is 6.40. The molecule has 0 bridgehead atoms. The van der Waals surface area contributed by atoms with Gasteiger partial charge in [0.05, 0.1) is 29.2 Å². The normalized spacial score (nSPS) is 20.2. The molecular weight excluding hydrogens is 432 g/mol. The molecule has 1 aliphatic carbocycles. The maximum Gasteiger partial charge on any atom is 0.415 e. The number of hydrogen-bond acceptors (Lipinski definition) is 7. The lowest BCUT2D eigenvalue weighted by molar-refractivity contribution is 0.178. The van der Waals surface area contributed by atoms with Crippen LogP contribution in [0.4, 0.5) is 16.6 Å². The van der Waals surface area contributed by atoms with Crippen molar-refractivity contribution in [2.75, 3.05) is 16.8 Å². The quantitative estimate of drug-likeness (QED) is 0.622. The lowest BCUT2D eigenvalue weighted by Crippen LogP contribution is -2.35. The summed E-state index contributed by atoms with van der Waals surface area (Å²) in [7, 11) is 0. The predicted octanol–water partition coefficient (Wildman–Crippen LogP) is 4.12. The summed E-state index contributed by atoms with van der Waals surface area (Å²) in [6, 6.07) is 7.17. The summed E-state index contributed by atoms with van der Waals surface area (Å²) < 4.78 is 13.2. The Hall–Kier alpha value is -3.33. The van der Waals surface area contributed by atoms with E-state index >= 15 is 0 Å². The highest BCUT2D eigenvalue weighted by Crippen LogP contribution is 2.40. The third-order valence-electron chi connectivity index (χ3n) is 6.16. The van der Waals surface area contributed by atoms with Crippen LogP contribution in [0.3, 0.4) is 0 Å². The van der Waals surface area contributed by atoms with Gasteiger partial charge >= 0.3 is 6.09 Å². The Kier molecular flexibility index (Phi) is 4.46. The summed E-state index contributed by atoms with van der Waals surface area (Å²) in [6.07, 6.45) is 5.33. The largest absolute Gasteiger partial charge is 0.485 e. The molecule has 32 heavy (non-hydrogen) atoms. The molecule has 0 unspecified atom stereocenters. The van der Waals surface area contributed by atoms with Crippen molar-refractivity contribution in [1.29, 1.82) is 0 Å². The van der Waals surface area contributed by atoms with Gasteiger partial charge in [-0.3, -0.25) is 9.47 Å². The van der Waals surface area contributed by atoms with Gasteiger partial charge in [-0.2, -0.15) is 4.98 Å². The second-order valence-corrected chi connectivity index (χ2v) is 8.74. The van der Waals surface area contributed by atoms with Gasteiger partial charge in [-0.05, 0) is 43.9 Å². The highest BCUT2D eigenvalue weighted by molar-refractivity contribution is 6.30. The molecule has 0 radical (unpaired) electrons. The van der Waals surface area contributed by atoms with Crippen molar-refractivity contribution in [3.8, 4) is 11.4 Å². The summed E-state index contributed by atoms with van der Waals surface area (Å²) in [5.41, 5.74) is 2.70. The van der Waals surface area contributed by atoms with Crippen LogP contribution in [0.1, 0.15) is 37.2 Å². The molecule has 3 aliphatic rings. The Morgan fingerprint density at radius 2 is 2.09 bits per heavy atom. The van der Waals surface area contributed by atoms with Crippen LogP contribution in [-0.4, -0.2) is 38.3 Å². The average Bonchev–Trinajstić information content (AvgIpc) is 3.41. The monoisotopic (exact) mass is 452 g/mol. The molecule has 2 fully saturated rings. The number of carbonyl (C=O) groups is 1. The maximum atomic E-state index is 12.3. The van der Waals surface area contributed by atoms with E-state index in [1.54, 1.807) is 29.6 Å². The first-order valence-corrected chi connectivity index (χ1v) is 11.0. The first-order chi connectivity index (χ1) is 15.6. The fourth-order valence-corrected chi connectivity index (χ4v) is 4.55. The van der Waals surface area contributed by atoms with Crippen LogP contribution in [0.25, 0.3) is 5.69 Å². The predicted molar refractivity (Wildman–Crippen MR) is 117 cm³/mol. The molecule has 4 heterocycles. The van der Waals surface area contributed by atoms with Crippen LogP contribution in [0.15, 0.2) is 36.8 Å². The van der Waals surface area contributed by atoms with Gasteiger partial charge in [-0.15, -0.1) is 0 Å². The Labute approximate surface area is 189 Å². The number of benzene rings is 1. The van der Waals surface area contributed by atoms with Crippen molar-refractivity contribution in [3.05, 3.63) is 53.2 Å². The van der Waals surface area contributed by atoms with E-state index in [-0.39, 0.29) is 18.2 Å². The number of halogens is 1. The molecule has 2 atom stereocenters. The number of fused-ring (bicyclic) bond motifs is 3. The van der Waals surface area contributed by atoms with Crippen LogP contribution in [0.2, 0.25) is 5.02 Å². The van der Waals surface area contributed by atoms with E-state index in [0.717, 1.165) is 35.7 Å². The molecule has 2 aliphatic heterocycles. The van der Waals surface area contributed by atoms with Gasteiger partial charge < -0.3 is 14.8 Å². The number of aromatic nitrogens is 4. The van der Waals surface area contributed by atoms with Gasteiger partial charge in [0.2, 0.25) is 5.95 Å². The highest BCUT2D eigenvalue weighted by atomic mass is 35.5. The van der Waals surface area contributed by atoms with Crippen molar-refractivity contribution in [2.45, 2.75) is 38.5 Å². The van der Waals surface area contributed by atoms with Gasteiger partial charge in [-0.25, -0.2) is 14.8 Å². The molecule has 1 saturated heterocycles. The van der Waals surface area contributed by atoms with Crippen molar-refractivity contribution >= 4 is 29.5 Å². The second kappa shape index (κ2) is 7.37. The molecule has 1 aromatic carbocycles. The number of ether oxygens (including phenoxy) is 2. The molecule has 164 valence electrons. The van der Waals surface area contributed by atoms with E-state index in [1.165, 1.54) is 0 Å². The first-order valence-electron chi connectivity index (χ1n) is 10.6. The molecule has 9 nitrogen and oxygen atoms in total. The van der Waals surface area contributed by atoms with E-state index in [4.69, 9.17) is 21.1 Å². The maximum absolute atomic E-state index is 12.3. The number of rotatable bonds is 5. The van der Waals surface area contributed by atoms with Crippen LogP contribution >= 0.6 is 11.6 Å². The number of nitrogens with zero attached hydrogens (tertiary/aromatic N) is 5. The fraction of sp³-hybridized carbons (Fsp3) is 0.364. The molecule has 2 aromatic heterocycles. The lowest BCUT2D eigenvalue weighted by Gasteiger charge is -2.23. The first kappa shape index (κ1) is 19.4. The van der Waals surface area contributed by atoms with Gasteiger partial charge in [0.1, 0.15) is 31.1 Å². The highest BCUT2D eigenvalue weighted by Gasteiger charge is 2.44. The smallest absolute Gasteiger partial charge is 0.415 e. The van der Waals surface area contributed by atoms with Crippen molar-refractivity contribution in [2.24, 2.45) is 5.92 Å².